The molecule has 2 rings (SSSR count). The van der Waals surface area contributed by atoms with E-state index >= 15 is 0 Å². The number of hydrogen-bond donors (Lipinski definition) is 2. The molecular weight excluding hydrogens is 315 g/mol. The van der Waals surface area contributed by atoms with Gasteiger partial charge in [-0.2, -0.15) is 5.10 Å². The Hall–Kier alpha value is -1.89. The molecule has 1 aromatic heterocycles. The molecule has 0 aliphatic heterocycles. The Balaban J connectivity index is 2.10. The number of halogens is 2. The molecule has 0 unspecified atom stereocenters. The number of anilines is 1. The molecule has 19 heavy (non-hydrogen) atoms. The van der Waals surface area contributed by atoms with Gasteiger partial charge in [0.05, 0.1) is 16.2 Å². The molecule has 1 aromatic carbocycles. The van der Waals surface area contributed by atoms with Crippen LogP contribution in [0.25, 0.3) is 0 Å². The van der Waals surface area contributed by atoms with Crippen molar-refractivity contribution < 1.29 is 9.18 Å². The number of rotatable bonds is 3. The molecule has 0 aliphatic rings. The quantitative estimate of drug-likeness (QED) is 0.903. The largest absolute Gasteiger partial charge is 0.384 e. The number of aromatic nitrogens is 2. The fourth-order valence-corrected chi connectivity index (χ4v) is 2.02. The third-order valence-corrected chi connectivity index (χ3v) is 3.51. The molecule has 2 aromatic rings. The molecule has 0 spiro atoms. The van der Waals surface area contributed by atoms with E-state index in [1.165, 1.54) is 22.9 Å². The number of amides is 1. The summed E-state index contributed by atoms with van der Waals surface area (Å²) in [5.74, 6) is -0.373. The highest BCUT2D eigenvalue weighted by molar-refractivity contribution is 9.10. The normalized spacial score (nSPS) is 10.5. The van der Waals surface area contributed by atoms with Crippen molar-refractivity contribution in [1.29, 1.82) is 0 Å². The summed E-state index contributed by atoms with van der Waals surface area (Å²) in [6, 6.07) is 4.29. The summed E-state index contributed by atoms with van der Waals surface area (Å²) in [6.45, 7) is 0.238. The topological polar surface area (TPSA) is 72.9 Å². The van der Waals surface area contributed by atoms with E-state index in [4.69, 9.17) is 5.73 Å². The molecule has 3 N–H and O–H groups in total. The molecule has 5 nitrogen and oxygen atoms in total. The number of nitrogens with two attached hydrogens (primary N) is 1. The minimum Gasteiger partial charge on any atom is -0.384 e. The standard InChI is InChI=1S/C12H12BrFN4O/c1-18-11(15)7(6-17-18)5-16-12(19)8-3-2-4-9(14)10(8)13/h2-4,6H,5,15H2,1H3,(H,16,19). The van der Waals surface area contributed by atoms with E-state index in [-0.39, 0.29) is 22.5 Å². The molecular formula is C12H12BrFN4O. The zero-order chi connectivity index (χ0) is 14.0. The maximum absolute atomic E-state index is 13.3. The highest BCUT2D eigenvalue weighted by Crippen LogP contribution is 2.20. The average Bonchev–Trinajstić information content (AvgIpc) is 2.70. The van der Waals surface area contributed by atoms with Gasteiger partial charge in [0.15, 0.2) is 0 Å². The lowest BCUT2D eigenvalue weighted by Crippen LogP contribution is -2.23. The van der Waals surface area contributed by atoms with Crippen LogP contribution >= 0.6 is 15.9 Å². The van der Waals surface area contributed by atoms with Crippen molar-refractivity contribution in [3.8, 4) is 0 Å². The van der Waals surface area contributed by atoms with E-state index in [1.54, 1.807) is 13.2 Å². The number of aryl methyl sites for hydroxylation is 1. The van der Waals surface area contributed by atoms with Crippen molar-refractivity contribution in [2.75, 3.05) is 5.73 Å². The summed E-state index contributed by atoms with van der Waals surface area (Å²) in [5.41, 5.74) is 6.71. The van der Waals surface area contributed by atoms with Gasteiger partial charge in [0.1, 0.15) is 11.6 Å². The summed E-state index contributed by atoms with van der Waals surface area (Å²) < 4.78 is 15.0. The second-order valence-electron chi connectivity index (χ2n) is 3.96. The van der Waals surface area contributed by atoms with E-state index in [9.17, 15) is 9.18 Å². The molecule has 1 amide bonds. The van der Waals surface area contributed by atoms with Gasteiger partial charge < -0.3 is 11.1 Å². The Labute approximate surface area is 117 Å². The number of nitrogens with zero attached hydrogens (tertiary/aromatic N) is 2. The van der Waals surface area contributed by atoms with Gasteiger partial charge in [0, 0.05) is 19.2 Å². The Morgan fingerprint density at radius 3 is 2.95 bits per heavy atom. The summed E-state index contributed by atoms with van der Waals surface area (Å²) in [5, 5.41) is 6.64. The molecule has 0 saturated carbocycles. The van der Waals surface area contributed by atoms with Gasteiger partial charge in [-0.3, -0.25) is 9.48 Å². The predicted molar refractivity (Wildman–Crippen MR) is 72.9 cm³/mol. The lowest BCUT2D eigenvalue weighted by molar-refractivity contribution is 0.0949. The fourth-order valence-electron chi connectivity index (χ4n) is 1.58. The van der Waals surface area contributed by atoms with Gasteiger partial charge in [0.25, 0.3) is 5.91 Å². The van der Waals surface area contributed by atoms with Gasteiger partial charge in [0.2, 0.25) is 0 Å². The van der Waals surface area contributed by atoms with Crippen LogP contribution in [0.4, 0.5) is 10.2 Å². The molecule has 0 bridgehead atoms. The number of carbonyl (C=O) groups is 1. The first-order valence-electron chi connectivity index (χ1n) is 5.49. The third-order valence-electron chi connectivity index (χ3n) is 2.70. The molecule has 0 saturated heterocycles. The highest BCUT2D eigenvalue weighted by Gasteiger charge is 2.13. The van der Waals surface area contributed by atoms with Crippen LogP contribution in [0.2, 0.25) is 0 Å². The van der Waals surface area contributed by atoms with Gasteiger partial charge >= 0.3 is 0 Å². The van der Waals surface area contributed by atoms with E-state index in [2.05, 4.69) is 26.3 Å². The van der Waals surface area contributed by atoms with Crippen LogP contribution in [0.1, 0.15) is 15.9 Å². The lowest BCUT2D eigenvalue weighted by Gasteiger charge is -2.07. The van der Waals surface area contributed by atoms with Crippen LogP contribution in [0, 0.1) is 5.82 Å². The maximum atomic E-state index is 13.3. The first kappa shape index (κ1) is 13.5. The van der Waals surface area contributed by atoms with E-state index in [0.29, 0.717) is 11.4 Å². The van der Waals surface area contributed by atoms with E-state index < -0.39 is 5.82 Å². The molecule has 7 heteroatoms. The zero-order valence-corrected chi connectivity index (χ0v) is 11.7. The zero-order valence-electron chi connectivity index (χ0n) is 10.2. The van der Waals surface area contributed by atoms with Crippen molar-refractivity contribution in [2.24, 2.45) is 7.05 Å². The van der Waals surface area contributed by atoms with Crippen LogP contribution in [-0.2, 0) is 13.6 Å². The van der Waals surface area contributed by atoms with Crippen molar-refractivity contribution in [3.63, 3.8) is 0 Å². The van der Waals surface area contributed by atoms with Gasteiger partial charge in [-0.15, -0.1) is 0 Å². The number of carbonyl (C=O) groups excluding carboxylic acids is 1. The molecule has 0 aliphatic carbocycles. The van der Waals surface area contributed by atoms with Gasteiger partial charge in [-0.1, -0.05) is 6.07 Å². The van der Waals surface area contributed by atoms with Crippen LogP contribution in [-0.4, -0.2) is 15.7 Å². The van der Waals surface area contributed by atoms with Crippen LogP contribution in [0.3, 0.4) is 0 Å². The van der Waals surface area contributed by atoms with Crippen molar-refractivity contribution in [3.05, 3.63) is 45.8 Å². The monoisotopic (exact) mass is 326 g/mol. The average molecular weight is 327 g/mol. The SMILES string of the molecule is Cn1ncc(CNC(=O)c2cccc(F)c2Br)c1N. The molecule has 0 fully saturated rings. The summed E-state index contributed by atoms with van der Waals surface area (Å²) >= 11 is 3.05. The number of hydrogen-bond acceptors (Lipinski definition) is 3. The van der Waals surface area contributed by atoms with E-state index in [0.717, 1.165) is 0 Å². The fraction of sp³-hybridized carbons (Fsp3) is 0.167. The van der Waals surface area contributed by atoms with Crippen LogP contribution in [0.5, 0.6) is 0 Å². The van der Waals surface area contributed by atoms with Crippen molar-refractivity contribution in [1.82, 2.24) is 15.1 Å². The second kappa shape index (κ2) is 5.40. The first-order valence-corrected chi connectivity index (χ1v) is 6.28. The summed E-state index contributed by atoms with van der Waals surface area (Å²) in [7, 11) is 1.71. The third kappa shape index (κ3) is 2.76. The van der Waals surface area contributed by atoms with Crippen molar-refractivity contribution in [2.45, 2.75) is 6.54 Å². The minimum atomic E-state index is -0.478. The van der Waals surface area contributed by atoms with E-state index in [1.807, 2.05) is 0 Å². The molecule has 0 atom stereocenters. The Morgan fingerprint density at radius 1 is 1.58 bits per heavy atom. The number of nitrogen functional groups attached to an aromatic ring is 1. The van der Waals surface area contributed by atoms with Crippen LogP contribution in [0.15, 0.2) is 28.9 Å². The van der Waals surface area contributed by atoms with Gasteiger partial charge in [-0.25, -0.2) is 4.39 Å². The Bertz CT molecular complexity index is 626. The maximum Gasteiger partial charge on any atom is 0.252 e. The number of nitrogens with one attached hydrogen (secondary N) is 1. The molecule has 0 radical (unpaired) electrons. The Kier molecular flexibility index (Phi) is 3.84. The highest BCUT2D eigenvalue weighted by atomic mass is 79.9. The Morgan fingerprint density at radius 2 is 2.32 bits per heavy atom. The van der Waals surface area contributed by atoms with Gasteiger partial charge in [-0.05, 0) is 28.1 Å². The molecule has 1 heterocycles. The predicted octanol–water partition coefficient (Wildman–Crippen LogP) is 1.83. The molecule has 100 valence electrons. The summed E-state index contributed by atoms with van der Waals surface area (Å²) in [4.78, 5) is 11.9. The first-order chi connectivity index (χ1) is 9.00. The minimum absolute atomic E-state index is 0.145. The van der Waals surface area contributed by atoms with Crippen molar-refractivity contribution >= 4 is 27.7 Å². The second-order valence-corrected chi connectivity index (χ2v) is 4.76. The smallest absolute Gasteiger partial charge is 0.252 e. The summed E-state index contributed by atoms with van der Waals surface area (Å²) in [6.07, 6.45) is 1.58. The lowest BCUT2D eigenvalue weighted by atomic mass is 10.2. The number of benzene rings is 1. The van der Waals surface area contributed by atoms with Crippen LogP contribution < -0.4 is 11.1 Å².